The standard InChI is InChI=1S/C26H30N2O4S/c1-32-24-12-7-23(8-13-24)17-19-27-26(29)16-11-22-9-14-25(15-10-22)33(30,31)28-20-18-21-5-3-2-4-6-21/h2-10,12-15,28H,11,16-20H2,1H3,(H,27,29). The number of nitrogens with one attached hydrogen (secondary N) is 2. The number of ether oxygens (including phenoxy) is 1. The van der Waals surface area contributed by atoms with E-state index >= 15 is 0 Å². The van der Waals surface area contributed by atoms with Crippen molar-refractivity contribution >= 4 is 15.9 Å². The van der Waals surface area contributed by atoms with Crippen molar-refractivity contribution in [3.63, 3.8) is 0 Å². The fourth-order valence-electron chi connectivity index (χ4n) is 3.38. The van der Waals surface area contributed by atoms with Gasteiger partial charge in [0.1, 0.15) is 5.75 Å². The Morgan fingerprint density at radius 2 is 1.33 bits per heavy atom. The van der Waals surface area contributed by atoms with Crippen molar-refractivity contribution in [1.82, 2.24) is 10.0 Å². The Hall–Kier alpha value is -3.16. The Balaban J connectivity index is 1.39. The third-order valence-electron chi connectivity index (χ3n) is 5.32. The third kappa shape index (κ3) is 8.04. The average Bonchev–Trinajstić information content (AvgIpc) is 2.84. The molecule has 0 atom stereocenters. The monoisotopic (exact) mass is 466 g/mol. The highest BCUT2D eigenvalue weighted by Crippen LogP contribution is 2.13. The molecule has 0 aliphatic carbocycles. The summed E-state index contributed by atoms with van der Waals surface area (Å²) in [5, 5.41) is 2.93. The smallest absolute Gasteiger partial charge is 0.240 e. The minimum absolute atomic E-state index is 0.0252. The molecule has 3 rings (SSSR count). The molecular formula is C26H30N2O4S. The maximum atomic E-state index is 12.5. The fraction of sp³-hybridized carbons (Fsp3) is 0.269. The van der Waals surface area contributed by atoms with Crippen molar-refractivity contribution in [3.05, 3.63) is 95.6 Å². The maximum Gasteiger partial charge on any atom is 0.240 e. The molecule has 0 aromatic heterocycles. The highest BCUT2D eigenvalue weighted by Gasteiger charge is 2.13. The van der Waals surface area contributed by atoms with E-state index in [0.717, 1.165) is 28.9 Å². The number of sulfonamides is 1. The van der Waals surface area contributed by atoms with Crippen LogP contribution in [0.3, 0.4) is 0 Å². The lowest BCUT2D eigenvalue weighted by molar-refractivity contribution is -0.121. The maximum absolute atomic E-state index is 12.5. The van der Waals surface area contributed by atoms with Gasteiger partial charge in [0.25, 0.3) is 0 Å². The van der Waals surface area contributed by atoms with E-state index in [1.807, 2.05) is 54.6 Å². The Bertz CT molecular complexity index is 1110. The summed E-state index contributed by atoms with van der Waals surface area (Å²) < 4.78 is 32.8. The van der Waals surface area contributed by atoms with E-state index < -0.39 is 10.0 Å². The van der Waals surface area contributed by atoms with Crippen molar-refractivity contribution < 1.29 is 17.9 Å². The zero-order valence-electron chi connectivity index (χ0n) is 18.8. The molecule has 33 heavy (non-hydrogen) atoms. The van der Waals surface area contributed by atoms with Crippen molar-refractivity contribution in [2.24, 2.45) is 0 Å². The van der Waals surface area contributed by atoms with Crippen molar-refractivity contribution in [1.29, 1.82) is 0 Å². The van der Waals surface area contributed by atoms with Crippen LogP contribution in [0.4, 0.5) is 0 Å². The van der Waals surface area contributed by atoms with Crippen LogP contribution in [-0.2, 0) is 34.1 Å². The lowest BCUT2D eigenvalue weighted by Gasteiger charge is -2.09. The number of benzene rings is 3. The molecule has 0 aliphatic rings. The normalized spacial score (nSPS) is 11.2. The Labute approximate surface area is 196 Å². The summed E-state index contributed by atoms with van der Waals surface area (Å²) in [6, 6.07) is 24.2. The molecule has 1 amide bonds. The quantitative estimate of drug-likeness (QED) is 0.428. The number of methoxy groups -OCH3 is 1. The molecule has 7 heteroatoms. The summed E-state index contributed by atoms with van der Waals surface area (Å²) in [5.74, 6) is 0.785. The molecule has 6 nitrogen and oxygen atoms in total. The van der Waals surface area contributed by atoms with Gasteiger partial charge in [0.05, 0.1) is 12.0 Å². The minimum Gasteiger partial charge on any atom is -0.497 e. The van der Waals surface area contributed by atoms with Crippen LogP contribution in [0.5, 0.6) is 5.75 Å². The molecule has 0 unspecified atom stereocenters. The number of rotatable bonds is 12. The van der Waals surface area contributed by atoms with Gasteiger partial charge in [0, 0.05) is 19.5 Å². The number of hydrogen-bond donors (Lipinski definition) is 2. The van der Waals surface area contributed by atoms with Gasteiger partial charge < -0.3 is 10.1 Å². The topological polar surface area (TPSA) is 84.5 Å². The predicted octanol–water partition coefficient (Wildman–Crippen LogP) is 3.51. The largest absolute Gasteiger partial charge is 0.497 e. The first-order valence-corrected chi connectivity index (χ1v) is 12.5. The van der Waals surface area contributed by atoms with Crippen molar-refractivity contribution in [2.45, 2.75) is 30.6 Å². The first-order chi connectivity index (χ1) is 16.0. The van der Waals surface area contributed by atoms with Gasteiger partial charge >= 0.3 is 0 Å². The SMILES string of the molecule is COc1ccc(CCNC(=O)CCc2ccc(S(=O)(=O)NCCc3ccccc3)cc2)cc1. The molecule has 0 spiro atoms. The molecular weight excluding hydrogens is 436 g/mol. The Morgan fingerprint density at radius 1 is 0.758 bits per heavy atom. The Kier molecular flexibility index (Phi) is 9.04. The molecule has 0 heterocycles. The number of carbonyl (C=O) groups is 1. The van der Waals surface area contributed by atoms with Gasteiger partial charge in [-0.25, -0.2) is 13.1 Å². The Morgan fingerprint density at radius 3 is 2.00 bits per heavy atom. The summed E-state index contributed by atoms with van der Waals surface area (Å²) >= 11 is 0. The second kappa shape index (κ2) is 12.2. The van der Waals surface area contributed by atoms with Crippen molar-refractivity contribution in [3.8, 4) is 5.75 Å². The highest BCUT2D eigenvalue weighted by atomic mass is 32.2. The van der Waals surface area contributed by atoms with Gasteiger partial charge in [-0.1, -0.05) is 54.6 Å². The van der Waals surface area contributed by atoms with E-state index in [-0.39, 0.29) is 10.8 Å². The molecule has 0 aliphatic heterocycles. The molecule has 2 N–H and O–H groups in total. The van der Waals surface area contributed by atoms with E-state index in [1.165, 1.54) is 0 Å². The number of amides is 1. The van der Waals surface area contributed by atoms with Crippen molar-refractivity contribution in [2.75, 3.05) is 20.2 Å². The van der Waals surface area contributed by atoms with Crippen LogP contribution < -0.4 is 14.8 Å². The lowest BCUT2D eigenvalue weighted by atomic mass is 10.1. The third-order valence-corrected chi connectivity index (χ3v) is 6.79. The summed E-state index contributed by atoms with van der Waals surface area (Å²) in [6.07, 6.45) is 2.28. The predicted molar refractivity (Wildman–Crippen MR) is 130 cm³/mol. The van der Waals surface area contributed by atoms with Crippen LogP contribution in [0.15, 0.2) is 83.8 Å². The fourth-order valence-corrected chi connectivity index (χ4v) is 4.41. The molecule has 0 radical (unpaired) electrons. The number of carbonyl (C=O) groups excluding carboxylic acids is 1. The lowest BCUT2D eigenvalue weighted by Crippen LogP contribution is -2.26. The minimum atomic E-state index is -3.56. The van der Waals surface area contributed by atoms with Gasteiger partial charge in [0.2, 0.25) is 15.9 Å². The van der Waals surface area contributed by atoms with E-state index in [0.29, 0.717) is 32.4 Å². The van der Waals surface area contributed by atoms with Gasteiger partial charge in [-0.05, 0) is 60.2 Å². The number of aryl methyl sites for hydroxylation is 1. The van der Waals surface area contributed by atoms with Gasteiger partial charge in [-0.3, -0.25) is 4.79 Å². The first-order valence-electron chi connectivity index (χ1n) is 11.0. The molecule has 0 bridgehead atoms. The molecule has 174 valence electrons. The van der Waals surface area contributed by atoms with Crippen LogP contribution in [0, 0.1) is 0 Å². The van der Waals surface area contributed by atoms with E-state index in [4.69, 9.17) is 4.74 Å². The zero-order valence-corrected chi connectivity index (χ0v) is 19.6. The van der Waals surface area contributed by atoms with Crippen LogP contribution in [0.1, 0.15) is 23.1 Å². The second-order valence-electron chi connectivity index (χ2n) is 7.73. The van der Waals surface area contributed by atoms with E-state index in [9.17, 15) is 13.2 Å². The molecule has 0 fully saturated rings. The van der Waals surface area contributed by atoms with E-state index in [2.05, 4.69) is 10.0 Å². The summed E-state index contributed by atoms with van der Waals surface area (Å²) in [6.45, 7) is 0.905. The summed E-state index contributed by atoms with van der Waals surface area (Å²) in [5.41, 5.74) is 3.13. The zero-order chi connectivity index (χ0) is 23.5. The van der Waals surface area contributed by atoms with Crippen LogP contribution in [-0.4, -0.2) is 34.5 Å². The first kappa shape index (κ1) is 24.5. The summed E-state index contributed by atoms with van der Waals surface area (Å²) in [4.78, 5) is 12.4. The molecule has 0 saturated heterocycles. The molecule has 3 aromatic rings. The van der Waals surface area contributed by atoms with Crippen LogP contribution in [0.25, 0.3) is 0 Å². The van der Waals surface area contributed by atoms with Gasteiger partial charge in [-0.2, -0.15) is 0 Å². The molecule has 3 aromatic carbocycles. The van der Waals surface area contributed by atoms with Crippen LogP contribution >= 0.6 is 0 Å². The van der Waals surface area contributed by atoms with Gasteiger partial charge in [0.15, 0.2) is 0 Å². The summed E-state index contributed by atoms with van der Waals surface area (Å²) in [7, 11) is -1.93. The van der Waals surface area contributed by atoms with E-state index in [1.54, 1.807) is 31.4 Å². The second-order valence-corrected chi connectivity index (χ2v) is 9.49. The molecule has 0 saturated carbocycles. The van der Waals surface area contributed by atoms with Gasteiger partial charge in [-0.15, -0.1) is 0 Å². The van der Waals surface area contributed by atoms with Crippen LogP contribution in [0.2, 0.25) is 0 Å². The number of hydrogen-bond acceptors (Lipinski definition) is 4. The average molecular weight is 467 g/mol. The highest BCUT2D eigenvalue weighted by molar-refractivity contribution is 7.89.